The van der Waals surface area contributed by atoms with Crippen LogP contribution in [0, 0.1) is 0 Å². The second-order valence-corrected chi connectivity index (χ2v) is 2.39. The molecule has 1 saturated heterocycles. The van der Waals surface area contributed by atoms with E-state index in [2.05, 4.69) is 22.0 Å². The van der Waals surface area contributed by atoms with E-state index in [1.165, 1.54) is 20.2 Å². The molecule has 1 heterocycles. The normalized spacial score (nSPS) is 18.0. The van der Waals surface area contributed by atoms with E-state index in [1.807, 2.05) is 0 Å². The highest BCUT2D eigenvalue weighted by molar-refractivity contribution is 5.36. The number of carbonyl (C=O) groups is 1. The lowest BCUT2D eigenvalue weighted by Gasteiger charge is -2.21. The molecule has 4 nitrogen and oxygen atoms in total. The van der Waals surface area contributed by atoms with E-state index in [1.54, 1.807) is 0 Å². The molecule has 1 aliphatic rings. The first kappa shape index (κ1) is 10.4. The lowest BCUT2D eigenvalue weighted by Crippen LogP contribution is -2.40. The van der Waals surface area contributed by atoms with Crippen molar-refractivity contribution in [1.29, 1.82) is 0 Å². The van der Waals surface area contributed by atoms with Crippen molar-refractivity contribution >= 4 is 6.47 Å². The third kappa shape index (κ3) is 7.29. The third-order valence-electron chi connectivity index (χ3n) is 1.44. The largest absolute Gasteiger partial charge is 0.471 e. The number of nitrogens with zero attached hydrogens (tertiary/aromatic N) is 1. The fourth-order valence-corrected chi connectivity index (χ4v) is 0.777. The minimum atomic E-state index is 0.375. The lowest BCUT2D eigenvalue weighted by molar-refractivity contribution is -0.126. The van der Waals surface area contributed by atoms with E-state index in [0.717, 1.165) is 13.1 Å². The van der Waals surface area contributed by atoms with E-state index in [4.69, 9.17) is 4.79 Å². The highest BCUT2D eigenvalue weighted by atomic mass is 16.5. The summed E-state index contributed by atoms with van der Waals surface area (Å²) in [6, 6.07) is 0. The zero-order valence-electron chi connectivity index (χ0n) is 7.17. The maximum Gasteiger partial charge on any atom is 0.292 e. The van der Waals surface area contributed by atoms with Gasteiger partial charge in [-0.05, 0) is 7.05 Å². The molecule has 0 aromatic heterocycles. The van der Waals surface area contributed by atoms with Crippen LogP contribution in [-0.4, -0.2) is 51.7 Å². The summed E-state index contributed by atoms with van der Waals surface area (Å²) in [4.78, 5) is 11.3. The molecule has 1 fully saturated rings. The molecule has 0 amide bonds. The maximum atomic E-state index is 8.95. The molecule has 11 heavy (non-hydrogen) atoms. The number of carbonyl (C=O) groups excluding carboxylic acids is 1. The Morgan fingerprint density at radius 2 is 1.91 bits per heavy atom. The van der Waals surface area contributed by atoms with Crippen LogP contribution in [0.3, 0.4) is 0 Å². The summed E-state index contributed by atoms with van der Waals surface area (Å²) in [7, 11) is 3.47. The number of hydrogen-bond acceptors (Lipinski definition) is 4. The van der Waals surface area contributed by atoms with Crippen molar-refractivity contribution in [3.63, 3.8) is 0 Å². The van der Waals surface area contributed by atoms with Gasteiger partial charge in [0.1, 0.15) is 0 Å². The van der Waals surface area contributed by atoms with Gasteiger partial charge in [-0.1, -0.05) is 0 Å². The summed E-state index contributed by atoms with van der Waals surface area (Å²) >= 11 is 0. The molecule has 0 bridgehead atoms. The fourth-order valence-electron chi connectivity index (χ4n) is 0.777. The van der Waals surface area contributed by atoms with Crippen LogP contribution in [0.25, 0.3) is 0 Å². The molecule has 0 atom stereocenters. The van der Waals surface area contributed by atoms with Crippen LogP contribution in [0.2, 0.25) is 0 Å². The van der Waals surface area contributed by atoms with Crippen LogP contribution in [0.4, 0.5) is 0 Å². The average Bonchev–Trinajstić information content (AvgIpc) is 2.07. The Kier molecular flexibility index (Phi) is 7.08. The number of likely N-dealkylation sites (N-methyl/N-ethyl adjacent to an activating group) is 1. The summed E-state index contributed by atoms with van der Waals surface area (Å²) < 4.78 is 3.86. The Morgan fingerprint density at radius 3 is 2.09 bits per heavy atom. The summed E-state index contributed by atoms with van der Waals surface area (Å²) in [5.41, 5.74) is 0. The second kappa shape index (κ2) is 7.50. The van der Waals surface area contributed by atoms with Gasteiger partial charge in [-0.3, -0.25) is 4.79 Å². The minimum absolute atomic E-state index is 0.375. The van der Waals surface area contributed by atoms with Gasteiger partial charge in [-0.2, -0.15) is 0 Å². The summed E-state index contributed by atoms with van der Waals surface area (Å²) in [6.07, 6.45) is 0. The van der Waals surface area contributed by atoms with Crippen molar-refractivity contribution < 1.29 is 9.53 Å². The highest BCUT2D eigenvalue weighted by Gasteiger charge is 2.01. The van der Waals surface area contributed by atoms with E-state index in [9.17, 15) is 0 Å². The molecule has 66 valence electrons. The first-order valence-electron chi connectivity index (χ1n) is 3.67. The van der Waals surface area contributed by atoms with E-state index in [-0.39, 0.29) is 0 Å². The van der Waals surface area contributed by atoms with E-state index < -0.39 is 0 Å². The fraction of sp³-hybridized carbons (Fsp3) is 0.857. The number of ether oxygens (including phenoxy) is 1. The molecule has 4 heteroatoms. The predicted octanol–water partition coefficient (Wildman–Crippen LogP) is -0.689. The summed E-state index contributed by atoms with van der Waals surface area (Å²) in [6.45, 7) is 5.12. The molecule has 1 rings (SSSR count). The molecule has 0 saturated carbocycles. The Hall–Kier alpha value is -0.610. The molecule has 0 unspecified atom stereocenters. The van der Waals surface area contributed by atoms with Crippen LogP contribution in [-0.2, 0) is 9.53 Å². The molecule has 0 spiro atoms. The van der Waals surface area contributed by atoms with Gasteiger partial charge in [-0.25, -0.2) is 0 Å². The second-order valence-electron chi connectivity index (χ2n) is 2.39. The summed E-state index contributed by atoms with van der Waals surface area (Å²) in [5.74, 6) is 0. The van der Waals surface area contributed by atoms with Crippen molar-refractivity contribution in [3.05, 3.63) is 0 Å². The van der Waals surface area contributed by atoms with Gasteiger partial charge >= 0.3 is 0 Å². The maximum absolute atomic E-state index is 8.95. The van der Waals surface area contributed by atoms with Crippen LogP contribution in [0.15, 0.2) is 0 Å². The predicted molar refractivity (Wildman–Crippen MR) is 43.4 cm³/mol. The van der Waals surface area contributed by atoms with Gasteiger partial charge in [-0.15, -0.1) is 0 Å². The first-order chi connectivity index (χ1) is 5.31. The highest BCUT2D eigenvalue weighted by Crippen LogP contribution is 1.82. The van der Waals surface area contributed by atoms with Gasteiger partial charge in [0, 0.05) is 26.2 Å². The molecule has 1 aliphatic heterocycles. The van der Waals surface area contributed by atoms with E-state index >= 15 is 0 Å². The zero-order chi connectivity index (χ0) is 8.53. The molecular formula is C7H16N2O2. The number of hydrogen-bond donors (Lipinski definition) is 1. The van der Waals surface area contributed by atoms with Crippen LogP contribution in [0.5, 0.6) is 0 Å². The van der Waals surface area contributed by atoms with Crippen LogP contribution >= 0.6 is 0 Å². The molecule has 1 N–H and O–H groups in total. The first-order valence-corrected chi connectivity index (χ1v) is 3.67. The van der Waals surface area contributed by atoms with Crippen molar-refractivity contribution in [2.24, 2.45) is 0 Å². The minimum Gasteiger partial charge on any atom is -0.471 e. The van der Waals surface area contributed by atoms with Gasteiger partial charge in [0.2, 0.25) is 0 Å². The monoisotopic (exact) mass is 160 g/mol. The van der Waals surface area contributed by atoms with Gasteiger partial charge in [0.25, 0.3) is 6.47 Å². The van der Waals surface area contributed by atoms with Gasteiger partial charge in [0.05, 0.1) is 7.11 Å². The smallest absolute Gasteiger partial charge is 0.292 e. The van der Waals surface area contributed by atoms with Crippen molar-refractivity contribution in [2.75, 3.05) is 40.3 Å². The van der Waals surface area contributed by atoms with Crippen LogP contribution in [0.1, 0.15) is 0 Å². The lowest BCUT2D eigenvalue weighted by atomic mass is 10.4. The Balaban J connectivity index is 0.000000218. The third-order valence-corrected chi connectivity index (χ3v) is 1.44. The Bertz CT molecular complexity index is 92.4. The van der Waals surface area contributed by atoms with Crippen molar-refractivity contribution in [3.8, 4) is 0 Å². The van der Waals surface area contributed by atoms with Crippen LogP contribution < -0.4 is 5.32 Å². The molecular weight excluding hydrogens is 144 g/mol. The Labute approximate surface area is 67.5 Å². The number of piperazine rings is 1. The van der Waals surface area contributed by atoms with E-state index in [0.29, 0.717) is 6.47 Å². The SMILES string of the molecule is CN1CCNCC1.COC=O. The number of rotatable bonds is 1. The number of nitrogens with one attached hydrogen (secondary N) is 1. The van der Waals surface area contributed by atoms with Gasteiger partial charge < -0.3 is 15.0 Å². The van der Waals surface area contributed by atoms with Crippen molar-refractivity contribution in [1.82, 2.24) is 10.2 Å². The topological polar surface area (TPSA) is 41.6 Å². The van der Waals surface area contributed by atoms with Crippen molar-refractivity contribution in [2.45, 2.75) is 0 Å². The molecule has 0 aromatic carbocycles. The summed E-state index contributed by atoms with van der Waals surface area (Å²) in [5, 5.41) is 3.27. The molecule has 0 radical (unpaired) electrons. The number of methoxy groups -OCH3 is 1. The molecule has 0 aromatic rings. The van der Waals surface area contributed by atoms with Gasteiger partial charge in [0.15, 0.2) is 0 Å². The average molecular weight is 160 g/mol. The standard InChI is InChI=1S/C5H12N2.C2H4O2/c1-7-4-2-6-3-5-7;1-4-2-3/h6H,2-5H2,1H3;2H,1H3. The Morgan fingerprint density at radius 1 is 1.45 bits per heavy atom. The quantitative estimate of drug-likeness (QED) is 0.516. The zero-order valence-corrected chi connectivity index (χ0v) is 7.17. The molecule has 0 aliphatic carbocycles.